The van der Waals surface area contributed by atoms with Crippen molar-refractivity contribution in [3.05, 3.63) is 30.1 Å². The van der Waals surface area contributed by atoms with Crippen molar-refractivity contribution in [1.82, 2.24) is 14.9 Å². The fourth-order valence-electron chi connectivity index (χ4n) is 2.93. The Morgan fingerprint density at radius 1 is 1.29 bits per heavy atom. The lowest BCUT2D eigenvalue weighted by Gasteiger charge is -2.19. The number of benzene rings is 1. The lowest BCUT2D eigenvalue weighted by Crippen LogP contribution is -2.28. The van der Waals surface area contributed by atoms with Gasteiger partial charge in [0.1, 0.15) is 5.82 Å². The highest BCUT2D eigenvalue weighted by atomic mass is 16.3. The van der Waals surface area contributed by atoms with Crippen molar-refractivity contribution in [1.29, 1.82) is 0 Å². The SMILES string of the molecule is CCCC(CCO)CNC(C)c1nc2ccccc2n1C. The van der Waals surface area contributed by atoms with E-state index in [4.69, 9.17) is 10.1 Å². The number of fused-ring (bicyclic) bond motifs is 1. The van der Waals surface area contributed by atoms with Gasteiger partial charge >= 0.3 is 0 Å². The first-order valence-electron chi connectivity index (χ1n) is 7.93. The van der Waals surface area contributed by atoms with Crippen LogP contribution in [0.1, 0.15) is 45.0 Å². The molecule has 0 spiro atoms. The van der Waals surface area contributed by atoms with Crippen molar-refractivity contribution >= 4 is 11.0 Å². The zero-order chi connectivity index (χ0) is 15.2. The van der Waals surface area contributed by atoms with Crippen molar-refractivity contribution < 1.29 is 5.11 Å². The van der Waals surface area contributed by atoms with E-state index in [1.54, 1.807) is 0 Å². The van der Waals surface area contributed by atoms with Crippen molar-refractivity contribution in [2.45, 2.75) is 39.2 Å². The first-order valence-corrected chi connectivity index (χ1v) is 7.93. The molecule has 2 rings (SSSR count). The van der Waals surface area contributed by atoms with Crippen LogP contribution in [0.2, 0.25) is 0 Å². The number of rotatable bonds is 8. The molecule has 0 aliphatic rings. The molecule has 0 amide bonds. The van der Waals surface area contributed by atoms with Crippen molar-refractivity contribution in [3.63, 3.8) is 0 Å². The summed E-state index contributed by atoms with van der Waals surface area (Å²) in [6.07, 6.45) is 3.19. The van der Waals surface area contributed by atoms with E-state index >= 15 is 0 Å². The Morgan fingerprint density at radius 2 is 2.05 bits per heavy atom. The van der Waals surface area contributed by atoms with E-state index < -0.39 is 0 Å². The second-order valence-electron chi connectivity index (χ2n) is 5.81. The van der Waals surface area contributed by atoms with Crippen LogP contribution in [0.4, 0.5) is 0 Å². The van der Waals surface area contributed by atoms with Gasteiger partial charge in [0.2, 0.25) is 0 Å². The normalized spacial score (nSPS) is 14.5. The minimum Gasteiger partial charge on any atom is -0.396 e. The molecule has 0 radical (unpaired) electrons. The van der Waals surface area contributed by atoms with Gasteiger partial charge in [-0.3, -0.25) is 0 Å². The summed E-state index contributed by atoms with van der Waals surface area (Å²) in [6, 6.07) is 8.43. The van der Waals surface area contributed by atoms with Crippen LogP contribution < -0.4 is 5.32 Å². The second kappa shape index (κ2) is 7.57. The molecule has 0 saturated heterocycles. The molecule has 21 heavy (non-hydrogen) atoms. The van der Waals surface area contributed by atoms with Crippen molar-refractivity contribution in [2.75, 3.05) is 13.2 Å². The van der Waals surface area contributed by atoms with Gasteiger partial charge in [-0.2, -0.15) is 0 Å². The minimum absolute atomic E-state index is 0.209. The van der Waals surface area contributed by atoms with Crippen LogP contribution in [0.25, 0.3) is 11.0 Å². The Hall–Kier alpha value is -1.39. The predicted octanol–water partition coefficient (Wildman–Crippen LogP) is 3.02. The molecule has 0 fully saturated rings. The third kappa shape index (κ3) is 3.83. The fraction of sp³-hybridized carbons (Fsp3) is 0.588. The number of hydrogen-bond donors (Lipinski definition) is 2. The zero-order valence-corrected chi connectivity index (χ0v) is 13.3. The summed E-state index contributed by atoms with van der Waals surface area (Å²) >= 11 is 0. The number of nitrogens with one attached hydrogen (secondary N) is 1. The van der Waals surface area contributed by atoms with E-state index in [2.05, 4.69) is 42.9 Å². The average Bonchev–Trinajstić information content (AvgIpc) is 2.83. The van der Waals surface area contributed by atoms with E-state index in [0.717, 1.165) is 37.1 Å². The molecule has 0 saturated carbocycles. The lowest BCUT2D eigenvalue weighted by atomic mass is 10.00. The maximum Gasteiger partial charge on any atom is 0.126 e. The number of aromatic nitrogens is 2. The van der Waals surface area contributed by atoms with Gasteiger partial charge < -0.3 is 15.0 Å². The molecule has 1 aromatic heterocycles. The standard InChI is InChI=1S/C17H27N3O/c1-4-7-14(10-11-21)12-18-13(2)17-19-15-8-5-6-9-16(15)20(17)3/h5-6,8-9,13-14,18,21H,4,7,10-12H2,1-3H3. The molecule has 2 aromatic rings. The van der Waals surface area contributed by atoms with Gasteiger partial charge in [0, 0.05) is 13.7 Å². The van der Waals surface area contributed by atoms with E-state index in [9.17, 15) is 0 Å². The van der Waals surface area contributed by atoms with Crippen LogP contribution in [-0.4, -0.2) is 27.8 Å². The number of imidazole rings is 1. The molecule has 4 nitrogen and oxygen atoms in total. The largest absolute Gasteiger partial charge is 0.396 e. The third-order valence-electron chi connectivity index (χ3n) is 4.16. The Kier molecular flexibility index (Phi) is 5.76. The molecule has 4 heteroatoms. The number of aliphatic hydroxyl groups excluding tert-OH is 1. The molecule has 1 heterocycles. The Bertz CT molecular complexity index is 558. The topological polar surface area (TPSA) is 50.1 Å². The quantitative estimate of drug-likeness (QED) is 0.785. The number of hydrogen-bond acceptors (Lipinski definition) is 3. The number of para-hydroxylation sites is 2. The highest BCUT2D eigenvalue weighted by Crippen LogP contribution is 2.20. The molecule has 0 aliphatic heterocycles. The van der Waals surface area contributed by atoms with E-state index in [1.165, 1.54) is 5.52 Å². The monoisotopic (exact) mass is 289 g/mol. The summed E-state index contributed by atoms with van der Waals surface area (Å²) in [4.78, 5) is 4.73. The predicted molar refractivity (Wildman–Crippen MR) is 87.2 cm³/mol. The third-order valence-corrected chi connectivity index (χ3v) is 4.16. The van der Waals surface area contributed by atoms with Crippen molar-refractivity contribution in [2.24, 2.45) is 13.0 Å². The molecule has 1 aromatic carbocycles. The van der Waals surface area contributed by atoms with Crippen LogP contribution in [0.3, 0.4) is 0 Å². The van der Waals surface area contributed by atoms with Crippen LogP contribution in [0.5, 0.6) is 0 Å². The summed E-state index contributed by atoms with van der Waals surface area (Å²) < 4.78 is 2.16. The molecule has 2 atom stereocenters. The second-order valence-corrected chi connectivity index (χ2v) is 5.81. The van der Waals surface area contributed by atoms with Gasteiger partial charge in [0.25, 0.3) is 0 Å². The molecule has 0 bridgehead atoms. The zero-order valence-electron chi connectivity index (χ0n) is 13.3. The lowest BCUT2D eigenvalue weighted by molar-refractivity contribution is 0.245. The minimum atomic E-state index is 0.209. The van der Waals surface area contributed by atoms with Crippen molar-refractivity contribution in [3.8, 4) is 0 Å². The summed E-state index contributed by atoms with van der Waals surface area (Å²) in [5, 5.41) is 12.7. The summed E-state index contributed by atoms with van der Waals surface area (Å²) in [6.45, 7) is 5.55. The van der Waals surface area contributed by atoms with Gasteiger partial charge in [-0.1, -0.05) is 25.5 Å². The molecule has 116 valence electrons. The van der Waals surface area contributed by atoms with Crippen LogP contribution in [-0.2, 0) is 7.05 Å². The number of nitrogens with zero attached hydrogens (tertiary/aromatic N) is 2. The molecule has 0 aliphatic carbocycles. The maximum absolute atomic E-state index is 9.14. The smallest absolute Gasteiger partial charge is 0.126 e. The highest BCUT2D eigenvalue weighted by molar-refractivity contribution is 5.75. The Labute approximate surface area is 127 Å². The van der Waals surface area contributed by atoms with Gasteiger partial charge in [-0.25, -0.2) is 4.98 Å². The van der Waals surface area contributed by atoms with Gasteiger partial charge in [0.05, 0.1) is 17.1 Å². The summed E-state index contributed by atoms with van der Waals surface area (Å²) in [7, 11) is 2.07. The van der Waals surface area contributed by atoms with Gasteiger partial charge in [0.15, 0.2) is 0 Å². The Balaban J connectivity index is 2.04. The first-order chi connectivity index (χ1) is 10.2. The molecular weight excluding hydrogens is 262 g/mol. The fourth-order valence-corrected chi connectivity index (χ4v) is 2.93. The molecule has 2 N–H and O–H groups in total. The number of aliphatic hydroxyl groups is 1. The Morgan fingerprint density at radius 3 is 2.71 bits per heavy atom. The maximum atomic E-state index is 9.14. The van der Waals surface area contributed by atoms with Gasteiger partial charge in [-0.05, 0) is 44.4 Å². The summed E-state index contributed by atoms with van der Waals surface area (Å²) in [5.74, 6) is 1.60. The highest BCUT2D eigenvalue weighted by Gasteiger charge is 2.15. The first kappa shape index (κ1) is 16.0. The molecule has 2 unspecified atom stereocenters. The molecular formula is C17H27N3O. The van der Waals surface area contributed by atoms with E-state index in [1.807, 2.05) is 12.1 Å². The summed E-state index contributed by atoms with van der Waals surface area (Å²) in [5.41, 5.74) is 2.21. The number of aryl methyl sites for hydroxylation is 1. The average molecular weight is 289 g/mol. The van der Waals surface area contributed by atoms with Crippen LogP contribution in [0.15, 0.2) is 24.3 Å². The van der Waals surface area contributed by atoms with E-state index in [0.29, 0.717) is 5.92 Å². The van der Waals surface area contributed by atoms with Crippen LogP contribution >= 0.6 is 0 Å². The van der Waals surface area contributed by atoms with E-state index in [-0.39, 0.29) is 12.6 Å². The van der Waals surface area contributed by atoms with Gasteiger partial charge in [-0.15, -0.1) is 0 Å². The van der Waals surface area contributed by atoms with Crippen LogP contribution in [0, 0.1) is 5.92 Å².